The van der Waals surface area contributed by atoms with Crippen LogP contribution in [-0.2, 0) is 4.79 Å². The fraction of sp³-hybridized carbons (Fsp3) is 0.500. The van der Waals surface area contributed by atoms with Crippen LogP contribution in [-0.4, -0.2) is 23.0 Å². The Bertz CT molecular complexity index is 479. The number of piperidine rings is 1. The minimum atomic E-state index is -0.0977. The van der Waals surface area contributed by atoms with Crippen LogP contribution < -0.4 is 10.6 Å². The fourth-order valence-electron chi connectivity index (χ4n) is 2.52. The number of pyridine rings is 1. The summed E-state index contributed by atoms with van der Waals surface area (Å²) in [4.78, 5) is 16.0. The predicted molar refractivity (Wildman–Crippen MR) is 65.9 cm³/mol. The number of rotatable bonds is 2. The minimum absolute atomic E-state index is 0.0202. The van der Waals surface area contributed by atoms with Crippen LogP contribution in [0.4, 0.5) is 5.82 Å². The number of carbonyl (C=O) groups is 1. The number of fused-ring (bicyclic) bond motifs is 1. The molecule has 90 valence electrons. The molecule has 3 unspecified atom stereocenters. The highest BCUT2D eigenvalue weighted by Gasteiger charge is 2.58. The third kappa shape index (κ3) is 2.03. The molecule has 1 saturated carbocycles. The molecule has 5 heteroatoms. The Hall–Kier alpha value is -1.13. The van der Waals surface area contributed by atoms with Gasteiger partial charge in [0.25, 0.3) is 0 Å². The number of carbonyl (C=O) groups excluding carboxylic acids is 1. The molecular formula is C12H14ClN3O. The van der Waals surface area contributed by atoms with Crippen LogP contribution >= 0.6 is 11.6 Å². The molecule has 1 aliphatic carbocycles. The smallest absolute Gasteiger partial charge is 0.242 e. The molecular weight excluding hydrogens is 238 g/mol. The van der Waals surface area contributed by atoms with Crippen LogP contribution in [0.2, 0.25) is 5.15 Å². The number of nitrogens with zero attached hydrogens (tertiary/aromatic N) is 1. The average molecular weight is 252 g/mol. The molecule has 2 N–H and O–H groups in total. The number of hydrogen-bond acceptors (Lipinski definition) is 3. The van der Waals surface area contributed by atoms with Crippen LogP contribution in [0.5, 0.6) is 0 Å². The molecule has 0 radical (unpaired) electrons. The number of hydrogen-bond donors (Lipinski definition) is 2. The molecule has 1 aliphatic heterocycles. The maximum Gasteiger partial charge on any atom is 0.242 e. The van der Waals surface area contributed by atoms with Gasteiger partial charge in [0.2, 0.25) is 5.91 Å². The molecule has 0 aromatic carbocycles. The summed E-state index contributed by atoms with van der Waals surface area (Å²) in [5, 5.41) is 6.50. The standard InChI is InChI=1S/C12H14ClN3O/c1-12-5-7(14-8(12)6-12)11(17)16-10-4-2-3-9(13)15-10/h2-4,7-8,14H,5-6H2,1H3,(H,15,16,17). The molecule has 17 heavy (non-hydrogen) atoms. The molecule has 0 bridgehead atoms. The van der Waals surface area contributed by atoms with E-state index in [1.807, 2.05) is 0 Å². The minimum Gasteiger partial charge on any atom is -0.309 e. The zero-order valence-corrected chi connectivity index (χ0v) is 10.3. The van der Waals surface area contributed by atoms with Gasteiger partial charge in [-0.25, -0.2) is 4.98 Å². The van der Waals surface area contributed by atoms with Crippen LogP contribution in [0.25, 0.3) is 0 Å². The Kier molecular flexibility index (Phi) is 2.38. The van der Waals surface area contributed by atoms with Gasteiger partial charge in [0.05, 0.1) is 6.04 Å². The van der Waals surface area contributed by atoms with E-state index < -0.39 is 0 Å². The van der Waals surface area contributed by atoms with Crippen LogP contribution in [0.15, 0.2) is 18.2 Å². The normalized spacial score (nSPS) is 34.2. The molecule has 4 nitrogen and oxygen atoms in total. The lowest BCUT2D eigenvalue weighted by Crippen LogP contribution is -2.38. The third-order valence-electron chi connectivity index (χ3n) is 3.71. The molecule has 3 atom stereocenters. The first-order chi connectivity index (χ1) is 8.07. The second-order valence-corrected chi connectivity index (χ2v) is 5.56. The lowest BCUT2D eigenvalue weighted by atomic mass is 10.0. The van der Waals surface area contributed by atoms with Crippen molar-refractivity contribution in [3.63, 3.8) is 0 Å². The number of halogens is 1. The predicted octanol–water partition coefficient (Wildman–Crippen LogP) is 1.81. The van der Waals surface area contributed by atoms with Crippen molar-refractivity contribution in [3.8, 4) is 0 Å². The SMILES string of the molecule is CC12CC(C(=O)Nc3cccc(Cl)n3)NC1C2. The Morgan fingerprint density at radius 3 is 3.06 bits per heavy atom. The summed E-state index contributed by atoms with van der Waals surface area (Å²) in [5.41, 5.74) is 0.337. The maximum atomic E-state index is 12.0. The summed E-state index contributed by atoms with van der Waals surface area (Å²) in [6.07, 6.45) is 2.09. The van der Waals surface area contributed by atoms with E-state index in [0.29, 0.717) is 22.4 Å². The Morgan fingerprint density at radius 1 is 1.59 bits per heavy atom. The molecule has 1 amide bonds. The van der Waals surface area contributed by atoms with Gasteiger partial charge in [-0.05, 0) is 30.4 Å². The largest absolute Gasteiger partial charge is 0.309 e. The van der Waals surface area contributed by atoms with Crippen LogP contribution in [0.1, 0.15) is 19.8 Å². The van der Waals surface area contributed by atoms with Crippen molar-refractivity contribution in [3.05, 3.63) is 23.4 Å². The van der Waals surface area contributed by atoms with Crippen molar-refractivity contribution >= 4 is 23.3 Å². The van der Waals surface area contributed by atoms with E-state index in [-0.39, 0.29) is 11.9 Å². The summed E-state index contributed by atoms with van der Waals surface area (Å²) in [5.74, 6) is 0.489. The lowest BCUT2D eigenvalue weighted by Gasteiger charge is -2.13. The quantitative estimate of drug-likeness (QED) is 0.789. The van der Waals surface area contributed by atoms with Gasteiger partial charge in [-0.15, -0.1) is 0 Å². The topological polar surface area (TPSA) is 54.0 Å². The van der Waals surface area contributed by atoms with Gasteiger partial charge in [-0.2, -0.15) is 0 Å². The molecule has 0 spiro atoms. The van der Waals surface area contributed by atoms with Crippen LogP contribution in [0.3, 0.4) is 0 Å². The lowest BCUT2D eigenvalue weighted by molar-refractivity contribution is -0.118. The van der Waals surface area contributed by atoms with Gasteiger partial charge >= 0.3 is 0 Å². The van der Waals surface area contributed by atoms with E-state index >= 15 is 0 Å². The van der Waals surface area contributed by atoms with Gasteiger partial charge in [0.1, 0.15) is 11.0 Å². The zero-order chi connectivity index (χ0) is 12.0. The number of aromatic nitrogens is 1. The maximum absolute atomic E-state index is 12.0. The summed E-state index contributed by atoms with van der Waals surface area (Å²) < 4.78 is 0. The number of anilines is 1. The molecule has 1 aromatic heterocycles. The first-order valence-corrected chi connectivity index (χ1v) is 6.14. The second kappa shape index (κ2) is 3.68. The highest BCUT2D eigenvalue weighted by molar-refractivity contribution is 6.29. The second-order valence-electron chi connectivity index (χ2n) is 5.17. The van der Waals surface area contributed by atoms with E-state index in [4.69, 9.17) is 11.6 Å². The summed E-state index contributed by atoms with van der Waals surface area (Å²) in [6, 6.07) is 5.61. The molecule has 1 saturated heterocycles. The van der Waals surface area contributed by atoms with Crippen molar-refractivity contribution in [1.29, 1.82) is 0 Å². The van der Waals surface area contributed by atoms with E-state index in [9.17, 15) is 4.79 Å². The van der Waals surface area contributed by atoms with E-state index in [1.165, 1.54) is 6.42 Å². The zero-order valence-electron chi connectivity index (χ0n) is 9.53. The Morgan fingerprint density at radius 2 is 2.41 bits per heavy atom. The van der Waals surface area contributed by atoms with E-state index in [0.717, 1.165) is 6.42 Å². The monoisotopic (exact) mass is 251 g/mol. The number of amides is 1. The molecule has 1 aromatic rings. The summed E-state index contributed by atoms with van der Waals surface area (Å²) >= 11 is 5.76. The third-order valence-corrected chi connectivity index (χ3v) is 3.92. The average Bonchev–Trinajstić information content (AvgIpc) is 2.77. The van der Waals surface area contributed by atoms with Gasteiger partial charge in [-0.1, -0.05) is 24.6 Å². The summed E-state index contributed by atoms with van der Waals surface area (Å²) in [6.45, 7) is 2.22. The van der Waals surface area contributed by atoms with Gasteiger partial charge in [-0.3, -0.25) is 4.79 Å². The van der Waals surface area contributed by atoms with Gasteiger partial charge < -0.3 is 10.6 Å². The summed E-state index contributed by atoms with van der Waals surface area (Å²) in [7, 11) is 0. The van der Waals surface area contributed by atoms with E-state index in [1.54, 1.807) is 18.2 Å². The highest BCUT2D eigenvalue weighted by atomic mass is 35.5. The number of nitrogens with one attached hydrogen (secondary N) is 2. The molecule has 2 fully saturated rings. The fourth-order valence-corrected chi connectivity index (χ4v) is 2.68. The van der Waals surface area contributed by atoms with E-state index in [2.05, 4.69) is 22.5 Å². The first kappa shape index (κ1) is 11.0. The molecule has 2 heterocycles. The Labute approximate surface area is 105 Å². The first-order valence-electron chi connectivity index (χ1n) is 5.76. The van der Waals surface area contributed by atoms with Gasteiger partial charge in [0, 0.05) is 6.04 Å². The molecule has 2 aliphatic rings. The van der Waals surface area contributed by atoms with Crippen molar-refractivity contribution in [2.45, 2.75) is 31.8 Å². The van der Waals surface area contributed by atoms with Crippen molar-refractivity contribution in [1.82, 2.24) is 10.3 Å². The molecule has 3 rings (SSSR count). The van der Waals surface area contributed by atoms with Crippen molar-refractivity contribution in [2.24, 2.45) is 5.41 Å². The van der Waals surface area contributed by atoms with Gasteiger partial charge in [0.15, 0.2) is 0 Å². The highest BCUT2D eigenvalue weighted by Crippen LogP contribution is 2.53. The van der Waals surface area contributed by atoms with Crippen LogP contribution in [0, 0.1) is 5.41 Å². The Balaban J connectivity index is 1.64. The van der Waals surface area contributed by atoms with Crippen molar-refractivity contribution < 1.29 is 4.79 Å². The van der Waals surface area contributed by atoms with Crippen molar-refractivity contribution in [2.75, 3.05) is 5.32 Å².